The van der Waals surface area contributed by atoms with Crippen LogP contribution in [0.4, 0.5) is 0 Å². The number of benzene rings is 1. The van der Waals surface area contributed by atoms with Gasteiger partial charge in [-0.3, -0.25) is 0 Å². The topological polar surface area (TPSA) is 94.1 Å². The molecule has 2 rings (SSSR count). The Morgan fingerprint density at radius 1 is 0.971 bits per heavy atom. The van der Waals surface area contributed by atoms with E-state index in [1.165, 1.54) is 7.11 Å². The zero-order valence-corrected chi connectivity index (χ0v) is 20.9. The first-order chi connectivity index (χ1) is 16.3. The van der Waals surface area contributed by atoms with Gasteiger partial charge in [-0.1, -0.05) is 24.0 Å². The van der Waals surface area contributed by atoms with Gasteiger partial charge in [0.05, 0.1) is 26.4 Å². The summed E-state index contributed by atoms with van der Waals surface area (Å²) in [6.45, 7) is 6.48. The SMILES string of the molecule is COCO[C@@H](C)[C@@H]1OC(C)(C)O[C@H]1[C@@H](O)C#C[C@@H](CCOCc1ccc(OC)cc1)OCOC. The standard InChI is InChI=1S/C25H38O9/c1-18(31-16-27-4)23-24(34-25(2,3)33-23)22(26)12-11-21(32-17-28-5)13-14-30-15-19-7-9-20(29-6)10-8-19/h7-10,18,21-24,26H,13-17H2,1-6H3/t18-,21-,22-,23-,24-/m0/s1. The molecule has 1 saturated heterocycles. The lowest BCUT2D eigenvalue weighted by Crippen LogP contribution is -2.42. The highest BCUT2D eigenvalue weighted by Gasteiger charge is 2.47. The summed E-state index contributed by atoms with van der Waals surface area (Å²) in [7, 11) is 4.71. The summed E-state index contributed by atoms with van der Waals surface area (Å²) >= 11 is 0. The number of aliphatic hydroxyl groups is 1. The third-order valence-electron chi connectivity index (χ3n) is 5.12. The average Bonchev–Trinajstić information content (AvgIpc) is 3.17. The van der Waals surface area contributed by atoms with Crippen LogP contribution in [0.3, 0.4) is 0 Å². The maximum Gasteiger partial charge on any atom is 0.164 e. The molecule has 1 heterocycles. The molecule has 0 saturated carbocycles. The normalized spacial score (nSPS) is 22.0. The number of hydrogen-bond donors (Lipinski definition) is 1. The van der Waals surface area contributed by atoms with Crippen molar-refractivity contribution in [1.82, 2.24) is 0 Å². The van der Waals surface area contributed by atoms with Crippen molar-refractivity contribution in [2.24, 2.45) is 0 Å². The highest BCUT2D eigenvalue weighted by atomic mass is 16.8. The van der Waals surface area contributed by atoms with Crippen LogP contribution in [0.15, 0.2) is 24.3 Å². The fraction of sp³-hybridized carbons (Fsp3) is 0.680. The molecule has 5 atom stereocenters. The van der Waals surface area contributed by atoms with Gasteiger partial charge < -0.3 is 43.0 Å². The molecular formula is C25H38O9. The van der Waals surface area contributed by atoms with Crippen LogP contribution in [0.25, 0.3) is 0 Å². The zero-order valence-electron chi connectivity index (χ0n) is 20.9. The van der Waals surface area contributed by atoms with Crippen molar-refractivity contribution in [1.29, 1.82) is 0 Å². The van der Waals surface area contributed by atoms with Gasteiger partial charge >= 0.3 is 0 Å². The van der Waals surface area contributed by atoms with Gasteiger partial charge in [-0.05, 0) is 38.5 Å². The monoisotopic (exact) mass is 482 g/mol. The van der Waals surface area contributed by atoms with E-state index < -0.39 is 30.2 Å². The van der Waals surface area contributed by atoms with Crippen LogP contribution in [0.1, 0.15) is 32.8 Å². The van der Waals surface area contributed by atoms with E-state index in [4.69, 9.17) is 37.9 Å². The number of rotatable bonds is 14. The second-order valence-corrected chi connectivity index (χ2v) is 8.33. The van der Waals surface area contributed by atoms with Gasteiger partial charge in [0.25, 0.3) is 0 Å². The lowest BCUT2D eigenvalue weighted by molar-refractivity contribution is -0.168. The maximum absolute atomic E-state index is 10.8. The lowest BCUT2D eigenvalue weighted by atomic mass is 10.0. The van der Waals surface area contributed by atoms with E-state index in [0.717, 1.165) is 11.3 Å². The number of ether oxygens (including phenoxy) is 8. The van der Waals surface area contributed by atoms with E-state index in [0.29, 0.717) is 19.6 Å². The van der Waals surface area contributed by atoms with Crippen LogP contribution >= 0.6 is 0 Å². The molecule has 0 amide bonds. The largest absolute Gasteiger partial charge is 0.497 e. The maximum atomic E-state index is 10.8. The summed E-state index contributed by atoms with van der Waals surface area (Å²) in [5, 5.41) is 10.8. The van der Waals surface area contributed by atoms with Crippen molar-refractivity contribution in [3.63, 3.8) is 0 Å². The van der Waals surface area contributed by atoms with Gasteiger partial charge in [-0.25, -0.2) is 0 Å². The smallest absolute Gasteiger partial charge is 0.164 e. The Labute approximate surface area is 202 Å². The van der Waals surface area contributed by atoms with Crippen molar-refractivity contribution in [2.75, 3.05) is 41.5 Å². The molecule has 0 spiro atoms. The van der Waals surface area contributed by atoms with Gasteiger partial charge in [0.15, 0.2) is 5.79 Å². The van der Waals surface area contributed by atoms with Crippen LogP contribution in [-0.2, 0) is 39.8 Å². The van der Waals surface area contributed by atoms with Crippen molar-refractivity contribution in [2.45, 2.75) is 70.1 Å². The van der Waals surface area contributed by atoms with Crippen LogP contribution in [0.5, 0.6) is 5.75 Å². The Bertz CT molecular complexity index is 756. The first kappa shape index (κ1) is 28.5. The summed E-state index contributed by atoms with van der Waals surface area (Å²) in [6, 6.07) is 7.68. The minimum Gasteiger partial charge on any atom is -0.497 e. The van der Waals surface area contributed by atoms with E-state index in [9.17, 15) is 5.11 Å². The molecule has 0 bridgehead atoms. The molecule has 0 radical (unpaired) electrons. The molecule has 9 heteroatoms. The Morgan fingerprint density at radius 2 is 1.62 bits per heavy atom. The quantitative estimate of drug-likeness (QED) is 0.244. The third-order valence-corrected chi connectivity index (χ3v) is 5.12. The van der Waals surface area contributed by atoms with E-state index in [1.807, 2.05) is 31.2 Å². The van der Waals surface area contributed by atoms with Gasteiger partial charge in [0, 0.05) is 20.6 Å². The molecule has 1 N–H and O–H groups in total. The molecule has 1 aliphatic heterocycles. The molecule has 0 aromatic heterocycles. The first-order valence-electron chi connectivity index (χ1n) is 11.3. The van der Waals surface area contributed by atoms with Gasteiger partial charge in [-0.2, -0.15) is 0 Å². The van der Waals surface area contributed by atoms with E-state index >= 15 is 0 Å². The van der Waals surface area contributed by atoms with Crippen LogP contribution in [-0.4, -0.2) is 82.9 Å². The predicted molar refractivity (Wildman–Crippen MR) is 124 cm³/mol. The summed E-state index contributed by atoms with van der Waals surface area (Å²) < 4.78 is 44.0. The molecule has 34 heavy (non-hydrogen) atoms. The summed E-state index contributed by atoms with van der Waals surface area (Å²) in [6.07, 6.45) is -2.65. The van der Waals surface area contributed by atoms with Crippen molar-refractivity contribution >= 4 is 0 Å². The Morgan fingerprint density at radius 3 is 2.26 bits per heavy atom. The number of methoxy groups -OCH3 is 3. The molecule has 1 aromatic rings. The summed E-state index contributed by atoms with van der Waals surface area (Å²) in [5.41, 5.74) is 1.04. The average molecular weight is 483 g/mol. The van der Waals surface area contributed by atoms with Gasteiger partial charge in [-0.15, -0.1) is 0 Å². The number of hydrogen-bond acceptors (Lipinski definition) is 9. The second-order valence-electron chi connectivity index (χ2n) is 8.33. The molecule has 1 fully saturated rings. The van der Waals surface area contributed by atoms with Gasteiger partial charge in [0.2, 0.25) is 0 Å². The highest BCUT2D eigenvalue weighted by Crippen LogP contribution is 2.32. The fourth-order valence-electron chi connectivity index (χ4n) is 3.40. The minimum atomic E-state index is -1.10. The Balaban J connectivity index is 1.93. The molecule has 0 unspecified atom stereocenters. The van der Waals surface area contributed by atoms with Crippen molar-refractivity contribution in [3.8, 4) is 17.6 Å². The predicted octanol–water partition coefficient (Wildman–Crippen LogP) is 2.48. The fourth-order valence-corrected chi connectivity index (χ4v) is 3.40. The van der Waals surface area contributed by atoms with Crippen molar-refractivity contribution < 1.29 is 43.0 Å². The van der Waals surface area contributed by atoms with Crippen molar-refractivity contribution in [3.05, 3.63) is 29.8 Å². The molecule has 9 nitrogen and oxygen atoms in total. The molecule has 0 aliphatic carbocycles. The van der Waals surface area contributed by atoms with Crippen LogP contribution in [0.2, 0.25) is 0 Å². The minimum absolute atomic E-state index is 0.0779. The van der Waals surface area contributed by atoms with Gasteiger partial charge in [0.1, 0.15) is 43.8 Å². The first-order valence-corrected chi connectivity index (χ1v) is 11.3. The third kappa shape index (κ3) is 9.49. The van der Waals surface area contributed by atoms with E-state index in [1.54, 1.807) is 28.1 Å². The zero-order chi connectivity index (χ0) is 25.0. The molecule has 192 valence electrons. The molecule has 1 aromatic carbocycles. The van der Waals surface area contributed by atoms with E-state index in [-0.39, 0.29) is 19.7 Å². The van der Waals surface area contributed by atoms with Crippen LogP contribution < -0.4 is 4.74 Å². The Hall–Kier alpha value is -1.74. The molecule has 1 aliphatic rings. The highest BCUT2D eigenvalue weighted by molar-refractivity contribution is 5.26. The lowest BCUT2D eigenvalue weighted by Gasteiger charge is -2.24. The number of aliphatic hydroxyl groups excluding tert-OH is 1. The van der Waals surface area contributed by atoms with E-state index in [2.05, 4.69) is 11.8 Å². The summed E-state index contributed by atoms with van der Waals surface area (Å²) in [5.74, 6) is 5.75. The summed E-state index contributed by atoms with van der Waals surface area (Å²) in [4.78, 5) is 0. The molecular weight excluding hydrogens is 444 g/mol. The Kier molecular flexibility index (Phi) is 12.2. The van der Waals surface area contributed by atoms with Crippen LogP contribution in [0, 0.1) is 11.8 Å². The second kappa shape index (κ2) is 14.6.